The first-order valence-electron chi connectivity index (χ1n) is 8.17. The molecule has 3 aromatic rings. The van der Waals surface area contributed by atoms with Gasteiger partial charge < -0.3 is 14.6 Å². The summed E-state index contributed by atoms with van der Waals surface area (Å²) in [5.41, 5.74) is 3.87. The summed E-state index contributed by atoms with van der Waals surface area (Å²) >= 11 is 1.45. The van der Waals surface area contributed by atoms with Crippen molar-refractivity contribution in [1.82, 2.24) is 9.55 Å². The van der Waals surface area contributed by atoms with Crippen molar-refractivity contribution in [3.8, 4) is 0 Å². The number of rotatable bonds is 7. The molecule has 0 spiro atoms. The maximum absolute atomic E-state index is 12.3. The van der Waals surface area contributed by atoms with E-state index >= 15 is 0 Å². The number of nitrogens with one attached hydrogen (secondary N) is 1. The third-order valence-corrected chi connectivity index (χ3v) is 4.77. The Morgan fingerprint density at radius 2 is 2.08 bits per heavy atom. The Morgan fingerprint density at radius 1 is 1.24 bits per heavy atom. The van der Waals surface area contributed by atoms with Crippen LogP contribution < -0.4 is 5.32 Å². The number of nitrogens with zero attached hydrogens (tertiary/aromatic N) is 2. The van der Waals surface area contributed by atoms with E-state index in [9.17, 15) is 4.79 Å². The molecule has 0 fully saturated rings. The van der Waals surface area contributed by atoms with E-state index in [2.05, 4.69) is 27.9 Å². The zero-order chi connectivity index (χ0) is 17.6. The lowest BCUT2D eigenvalue weighted by Crippen LogP contribution is -2.14. The minimum atomic E-state index is -0.0470. The molecule has 0 aliphatic carbocycles. The van der Waals surface area contributed by atoms with Gasteiger partial charge in [0.25, 0.3) is 0 Å². The molecule has 0 saturated heterocycles. The highest BCUT2D eigenvalue weighted by Gasteiger charge is 2.12. The predicted octanol–water partition coefficient (Wildman–Crippen LogP) is 3.93. The van der Waals surface area contributed by atoms with Crippen LogP contribution in [0.15, 0.2) is 53.7 Å². The van der Waals surface area contributed by atoms with Gasteiger partial charge in [-0.2, -0.15) is 0 Å². The van der Waals surface area contributed by atoms with Crippen molar-refractivity contribution in [1.29, 1.82) is 0 Å². The number of carbonyl (C=O) groups is 1. The number of benzene rings is 2. The fraction of sp³-hybridized carbons (Fsp3) is 0.263. The fourth-order valence-corrected chi connectivity index (χ4v) is 3.58. The smallest absolute Gasteiger partial charge is 0.234 e. The molecule has 130 valence electrons. The number of amides is 1. The topological polar surface area (TPSA) is 56.2 Å². The molecule has 6 heteroatoms. The molecule has 1 amide bonds. The lowest BCUT2D eigenvalue weighted by molar-refractivity contribution is -0.113. The highest BCUT2D eigenvalue weighted by atomic mass is 32.2. The Labute approximate surface area is 151 Å². The van der Waals surface area contributed by atoms with Crippen molar-refractivity contribution in [3.05, 3.63) is 54.1 Å². The molecule has 25 heavy (non-hydrogen) atoms. The zero-order valence-corrected chi connectivity index (χ0v) is 15.2. The first kappa shape index (κ1) is 17.5. The van der Waals surface area contributed by atoms with E-state index in [1.54, 1.807) is 7.11 Å². The Kier molecular flexibility index (Phi) is 5.73. The van der Waals surface area contributed by atoms with Crippen molar-refractivity contribution in [2.75, 3.05) is 18.2 Å². The van der Waals surface area contributed by atoms with E-state index in [1.807, 2.05) is 42.5 Å². The van der Waals surface area contributed by atoms with E-state index in [0.717, 1.165) is 34.0 Å². The van der Waals surface area contributed by atoms with Crippen LogP contribution in [0.2, 0.25) is 0 Å². The molecule has 2 aromatic carbocycles. The second kappa shape index (κ2) is 8.18. The molecule has 0 bridgehead atoms. The number of carbonyl (C=O) groups excluding carboxylic acids is 1. The van der Waals surface area contributed by atoms with Crippen LogP contribution in [-0.4, -0.2) is 28.3 Å². The van der Waals surface area contributed by atoms with Crippen LogP contribution in [0, 0.1) is 0 Å². The predicted molar refractivity (Wildman–Crippen MR) is 102 cm³/mol. The second-order valence-electron chi connectivity index (χ2n) is 5.60. The number of aryl methyl sites for hydroxylation is 1. The molecule has 0 unspecified atom stereocenters. The summed E-state index contributed by atoms with van der Waals surface area (Å²) in [5, 5.41) is 3.80. The Morgan fingerprint density at radius 3 is 2.88 bits per heavy atom. The number of imidazole rings is 1. The van der Waals surface area contributed by atoms with Crippen LogP contribution in [0.25, 0.3) is 11.0 Å². The average Bonchev–Trinajstić information content (AvgIpc) is 2.98. The number of ether oxygens (including phenoxy) is 1. The van der Waals surface area contributed by atoms with Crippen LogP contribution in [0.4, 0.5) is 5.69 Å². The van der Waals surface area contributed by atoms with E-state index in [1.165, 1.54) is 11.8 Å². The maximum Gasteiger partial charge on any atom is 0.234 e. The van der Waals surface area contributed by atoms with E-state index in [-0.39, 0.29) is 5.91 Å². The molecule has 0 aliphatic heterocycles. The van der Waals surface area contributed by atoms with Crippen molar-refractivity contribution >= 4 is 34.4 Å². The Balaban J connectivity index is 1.65. The van der Waals surface area contributed by atoms with E-state index in [0.29, 0.717) is 12.4 Å². The number of thioether (sulfide) groups is 1. The summed E-state index contributed by atoms with van der Waals surface area (Å²) in [6.45, 7) is 3.43. The molecular weight excluding hydrogens is 334 g/mol. The van der Waals surface area contributed by atoms with Crippen molar-refractivity contribution < 1.29 is 9.53 Å². The zero-order valence-electron chi connectivity index (χ0n) is 14.4. The van der Waals surface area contributed by atoms with Crippen molar-refractivity contribution in [3.63, 3.8) is 0 Å². The summed E-state index contributed by atoms with van der Waals surface area (Å²) in [5.74, 6) is 0.270. The van der Waals surface area contributed by atoms with Gasteiger partial charge in [0.15, 0.2) is 5.16 Å². The van der Waals surface area contributed by atoms with Crippen LogP contribution in [0.3, 0.4) is 0 Å². The first-order chi connectivity index (χ1) is 12.2. The van der Waals surface area contributed by atoms with Gasteiger partial charge in [0.05, 0.1) is 23.4 Å². The van der Waals surface area contributed by atoms with Gasteiger partial charge in [-0.05, 0) is 36.8 Å². The van der Waals surface area contributed by atoms with Gasteiger partial charge in [-0.15, -0.1) is 0 Å². The van der Waals surface area contributed by atoms with Gasteiger partial charge in [0, 0.05) is 19.3 Å². The minimum absolute atomic E-state index is 0.0470. The fourth-order valence-electron chi connectivity index (χ4n) is 2.70. The summed E-state index contributed by atoms with van der Waals surface area (Å²) in [7, 11) is 1.65. The summed E-state index contributed by atoms with van der Waals surface area (Å²) in [6.07, 6.45) is 0. The average molecular weight is 355 g/mol. The number of hydrogen-bond acceptors (Lipinski definition) is 4. The normalized spacial score (nSPS) is 11.0. The van der Waals surface area contributed by atoms with Crippen molar-refractivity contribution in [2.24, 2.45) is 0 Å². The standard InChI is InChI=1S/C19H21N3O2S/c1-3-22-17-10-5-4-9-16(17)21-19(22)25-13-18(23)20-15-8-6-7-14(11-15)12-24-2/h4-11H,3,12-13H2,1-2H3,(H,20,23). The van der Waals surface area contributed by atoms with Crippen LogP contribution in [-0.2, 0) is 22.7 Å². The van der Waals surface area contributed by atoms with Gasteiger partial charge in [-0.1, -0.05) is 36.0 Å². The van der Waals surface area contributed by atoms with Crippen LogP contribution in [0.1, 0.15) is 12.5 Å². The third-order valence-electron chi connectivity index (χ3n) is 3.79. The number of methoxy groups -OCH3 is 1. The number of fused-ring (bicyclic) bond motifs is 1. The maximum atomic E-state index is 12.3. The molecule has 0 saturated carbocycles. The first-order valence-corrected chi connectivity index (χ1v) is 9.15. The van der Waals surface area contributed by atoms with Gasteiger partial charge in [-0.3, -0.25) is 4.79 Å². The summed E-state index contributed by atoms with van der Waals surface area (Å²) in [4.78, 5) is 16.9. The monoisotopic (exact) mass is 355 g/mol. The lowest BCUT2D eigenvalue weighted by Gasteiger charge is -2.08. The number of para-hydroxylation sites is 2. The molecule has 3 rings (SSSR count). The van der Waals surface area contributed by atoms with Gasteiger partial charge >= 0.3 is 0 Å². The molecule has 0 aliphatic rings. The third kappa shape index (κ3) is 4.21. The number of aromatic nitrogens is 2. The van der Waals surface area contributed by atoms with Gasteiger partial charge in [0.1, 0.15) is 0 Å². The van der Waals surface area contributed by atoms with E-state index in [4.69, 9.17) is 4.74 Å². The SMILES string of the molecule is CCn1c(SCC(=O)Nc2cccc(COC)c2)nc2ccccc21. The molecule has 1 heterocycles. The number of hydrogen-bond donors (Lipinski definition) is 1. The minimum Gasteiger partial charge on any atom is -0.380 e. The van der Waals surface area contributed by atoms with Crippen LogP contribution in [0.5, 0.6) is 0 Å². The van der Waals surface area contributed by atoms with Gasteiger partial charge in [0.2, 0.25) is 5.91 Å². The summed E-state index contributed by atoms with van der Waals surface area (Å²) in [6, 6.07) is 15.7. The molecule has 0 radical (unpaired) electrons. The Bertz CT molecular complexity index is 876. The quantitative estimate of drug-likeness (QED) is 0.652. The largest absolute Gasteiger partial charge is 0.380 e. The van der Waals surface area contributed by atoms with Gasteiger partial charge in [-0.25, -0.2) is 4.98 Å². The lowest BCUT2D eigenvalue weighted by atomic mass is 10.2. The number of anilines is 1. The van der Waals surface area contributed by atoms with Crippen LogP contribution >= 0.6 is 11.8 Å². The molecular formula is C19H21N3O2S. The molecule has 1 N–H and O–H groups in total. The highest BCUT2D eigenvalue weighted by molar-refractivity contribution is 7.99. The second-order valence-corrected chi connectivity index (χ2v) is 6.54. The van der Waals surface area contributed by atoms with Crippen molar-refractivity contribution in [2.45, 2.75) is 25.2 Å². The molecule has 5 nitrogen and oxygen atoms in total. The highest BCUT2D eigenvalue weighted by Crippen LogP contribution is 2.24. The Hall–Kier alpha value is -2.31. The summed E-state index contributed by atoms with van der Waals surface area (Å²) < 4.78 is 7.25. The van der Waals surface area contributed by atoms with E-state index < -0.39 is 0 Å². The molecule has 1 aromatic heterocycles. The molecule has 0 atom stereocenters.